The third-order valence-electron chi connectivity index (χ3n) is 4.05. The lowest BCUT2D eigenvalue weighted by Gasteiger charge is -2.15. The summed E-state index contributed by atoms with van der Waals surface area (Å²) in [6.07, 6.45) is 4.45. The third-order valence-corrected chi connectivity index (χ3v) is 4.05. The second-order valence-corrected chi connectivity index (χ2v) is 6.29. The quantitative estimate of drug-likeness (QED) is 0.371. The van der Waals surface area contributed by atoms with Crippen molar-refractivity contribution in [3.05, 3.63) is 0 Å². The van der Waals surface area contributed by atoms with Gasteiger partial charge in [-0.05, 0) is 19.3 Å². The molecule has 0 aromatic carbocycles. The molecule has 0 aliphatic carbocycles. The summed E-state index contributed by atoms with van der Waals surface area (Å²) in [5.74, 6) is -1.78. The van der Waals surface area contributed by atoms with E-state index in [4.69, 9.17) is 5.11 Å². The summed E-state index contributed by atoms with van der Waals surface area (Å²) in [5.41, 5.74) is 0. The van der Waals surface area contributed by atoms with Crippen molar-refractivity contribution < 1.29 is 29.7 Å². The molecule has 2 atom stereocenters. The first-order valence-corrected chi connectivity index (χ1v) is 9.03. The lowest BCUT2D eigenvalue weighted by molar-refractivity contribution is -0.143. The van der Waals surface area contributed by atoms with Crippen molar-refractivity contribution in [2.45, 2.75) is 96.2 Å². The molecule has 24 heavy (non-hydrogen) atoms. The standard InChI is InChI=1S/C18H32O6/c1-2-3-4-8-11-14(19)17(23)18(24)15(20)12-9-6-5-7-10-13-16(21)22/h17-18,23-24H,2-13H2,1H3,(H,21,22)/t17-,18+/m0/s1. The van der Waals surface area contributed by atoms with Gasteiger partial charge >= 0.3 is 5.97 Å². The second kappa shape index (κ2) is 14.1. The Kier molecular flexibility index (Phi) is 13.4. The van der Waals surface area contributed by atoms with Crippen LogP contribution in [-0.4, -0.2) is 45.1 Å². The van der Waals surface area contributed by atoms with Crippen molar-refractivity contribution in [2.24, 2.45) is 0 Å². The molecule has 0 aliphatic heterocycles. The maximum atomic E-state index is 11.8. The Labute approximate surface area is 144 Å². The normalized spacial score (nSPS) is 13.5. The van der Waals surface area contributed by atoms with E-state index in [1.165, 1.54) is 0 Å². The molecule has 140 valence electrons. The Morgan fingerprint density at radius 1 is 0.667 bits per heavy atom. The van der Waals surface area contributed by atoms with Crippen LogP contribution in [0.5, 0.6) is 0 Å². The van der Waals surface area contributed by atoms with Crippen molar-refractivity contribution in [3.8, 4) is 0 Å². The van der Waals surface area contributed by atoms with Crippen molar-refractivity contribution in [3.63, 3.8) is 0 Å². The zero-order chi connectivity index (χ0) is 18.4. The number of carbonyl (C=O) groups is 3. The topological polar surface area (TPSA) is 112 Å². The first-order valence-electron chi connectivity index (χ1n) is 9.03. The minimum atomic E-state index is -1.63. The first kappa shape index (κ1) is 22.7. The molecule has 0 aliphatic rings. The zero-order valence-electron chi connectivity index (χ0n) is 14.7. The van der Waals surface area contributed by atoms with Crippen molar-refractivity contribution in [1.29, 1.82) is 0 Å². The molecule has 0 aromatic heterocycles. The highest BCUT2D eigenvalue weighted by Gasteiger charge is 2.28. The van der Waals surface area contributed by atoms with E-state index in [0.29, 0.717) is 19.3 Å². The third kappa shape index (κ3) is 11.3. The van der Waals surface area contributed by atoms with Gasteiger partial charge in [0.25, 0.3) is 0 Å². The van der Waals surface area contributed by atoms with Crippen LogP contribution in [0.15, 0.2) is 0 Å². The van der Waals surface area contributed by atoms with Crippen molar-refractivity contribution in [1.82, 2.24) is 0 Å². The second-order valence-electron chi connectivity index (χ2n) is 6.29. The molecule has 0 aromatic rings. The van der Waals surface area contributed by atoms with E-state index in [9.17, 15) is 24.6 Å². The number of aliphatic hydroxyl groups is 2. The SMILES string of the molecule is CCCCCCC(=O)[C@H](O)[C@H](O)C(=O)CCCCCCCC(=O)O. The Bertz CT molecular complexity index is 380. The van der Waals surface area contributed by atoms with Crippen LogP contribution in [0.1, 0.15) is 84.0 Å². The maximum absolute atomic E-state index is 11.8. The highest BCUT2D eigenvalue weighted by atomic mass is 16.4. The Balaban J connectivity index is 3.83. The lowest BCUT2D eigenvalue weighted by atomic mass is 9.98. The first-order chi connectivity index (χ1) is 11.4. The fraction of sp³-hybridized carbons (Fsp3) is 0.833. The van der Waals surface area contributed by atoms with Crippen LogP contribution in [-0.2, 0) is 14.4 Å². The summed E-state index contributed by atoms with van der Waals surface area (Å²) in [6, 6.07) is 0. The van der Waals surface area contributed by atoms with Gasteiger partial charge in [0.15, 0.2) is 11.6 Å². The van der Waals surface area contributed by atoms with Crippen LogP contribution in [0.25, 0.3) is 0 Å². The van der Waals surface area contributed by atoms with Crippen molar-refractivity contribution in [2.75, 3.05) is 0 Å². The molecular formula is C18H32O6. The molecule has 0 spiro atoms. The van der Waals surface area contributed by atoms with E-state index in [-0.39, 0.29) is 19.3 Å². The van der Waals surface area contributed by atoms with Gasteiger partial charge in [0.1, 0.15) is 12.2 Å². The molecule has 0 heterocycles. The van der Waals surface area contributed by atoms with Gasteiger partial charge in [-0.15, -0.1) is 0 Å². The summed E-state index contributed by atoms with van der Waals surface area (Å²) < 4.78 is 0. The number of aliphatic carboxylic acids is 1. The molecule has 0 saturated carbocycles. The van der Waals surface area contributed by atoms with Gasteiger partial charge in [0.05, 0.1) is 0 Å². The predicted octanol–water partition coefficient (Wildman–Crippen LogP) is 2.63. The van der Waals surface area contributed by atoms with Gasteiger partial charge in [-0.25, -0.2) is 0 Å². The largest absolute Gasteiger partial charge is 0.481 e. The average Bonchev–Trinajstić information content (AvgIpc) is 2.55. The van der Waals surface area contributed by atoms with Gasteiger partial charge in [-0.3, -0.25) is 14.4 Å². The Morgan fingerprint density at radius 2 is 1.04 bits per heavy atom. The molecule has 0 unspecified atom stereocenters. The number of rotatable bonds is 16. The van der Waals surface area contributed by atoms with E-state index >= 15 is 0 Å². The number of hydrogen-bond acceptors (Lipinski definition) is 5. The van der Waals surface area contributed by atoms with Gasteiger partial charge in [-0.2, -0.15) is 0 Å². The number of carboxylic acid groups (broad SMARTS) is 1. The highest BCUT2D eigenvalue weighted by molar-refractivity contribution is 5.92. The van der Waals surface area contributed by atoms with E-state index in [1.54, 1.807) is 0 Å². The van der Waals surface area contributed by atoms with Gasteiger partial charge in [0.2, 0.25) is 0 Å². The van der Waals surface area contributed by atoms with Crippen LogP contribution < -0.4 is 0 Å². The number of carboxylic acids is 1. The number of aliphatic hydroxyl groups excluding tert-OH is 2. The number of Topliss-reactive ketones (excluding diaryl/α,β-unsaturated/α-hetero) is 2. The fourth-order valence-electron chi connectivity index (χ4n) is 2.48. The van der Waals surface area contributed by atoms with Crippen LogP contribution >= 0.6 is 0 Å². The van der Waals surface area contributed by atoms with Crippen LogP contribution in [0, 0.1) is 0 Å². The maximum Gasteiger partial charge on any atom is 0.303 e. The minimum absolute atomic E-state index is 0.125. The summed E-state index contributed by atoms with van der Waals surface area (Å²) in [7, 11) is 0. The number of ketones is 2. The van der Waals surface area contributed by atoms with E-state index in [2.05, 4.69) is 6.92 Å². The average molecular weight is 344 g/mol. The molecule has 0 fully saturated rings. The van der Waals surface area contributed by atoms with Crippen molar-refractivity contribution >= 4 is 17.5 Å². The van der Waals surface area contributed by atoms with Gasteiger partial charge < -0.3 is 15.3 Å². The van der Waals surface area contributed by atoms with E-state index in [1.807, 2.05) is 0 Å². The molecule has 6 heteroatoms. The summed E-state index contributed by atoms with van der Waals surface area (Å²) in [6.45, 7) is 2.06. The molecule has 0 amide bonds. The Hall–Kier alpha value is -1.27. The molecule has 0 rings (SSSR count). The van der Waals surface area contributed by atoms with Crippen LogP contribution in [0.4, 0.5) is 0 Å². The fourth-order valence-corrected chi connectivity index (χ4v) is 2.48. The molecule has 0 saturated heterocycles. The molecule has 0 radical (unpaired) electrons. The number of hydrogen-bond donors (Lipinski definition) is 3. The smallest absolute Gasteiger partial charge is 0.303 e. The molecular weight excluding hydrogens is 312 g/mol. The molecule has 0 bridgehead atoms. The minimum Gasteiger partial charge on any atom is -0.481 e. The Morgan fingerprint density at radius 3 is 1.46 bits per heavy atom. The van der Waals surface area contributed by atoms with Gasteiger partial charge in [0, 0.05) is 19.3 Å². The zero-order valence-corrected chi connectivity index (χ0v) is 14.7. The summed E-state index contributed by atoms with van der Waals surface area (Å²) in [4.78, 5) is 33.9. The summed E-state index contributed by atoms with van der Waals surface area (Å²) >= 11 is 0. The molecule has 6 nitrogen and oxygen atoms in total. The molecule has 3 N–H and O–H groups in total. The summed E-state index contributed by atoms with van der Waals surface area (Å²) in [5, 5.41) is 28.0. The van der Waals surface area contributed by atoms with Gasteiger partial charge in [-0.1, -0.05) is 45.4 Å². The number of carbonyl (C=O) groups excluding carboxylic acids is 2. The van der Waals surface area contributed by atoms with Crippen LogP contribution in [0.2, 0.25) is 0 Å². The number of unbranched alkanes of at least 4 members (excludes halogenated alkanes) is 7. The van der Waals surface area contributed by atoms with E-state index < -0.39 is 29.7 Å². The predicted molar refractivity (Wildman–Crippen MR) is 90.7 cm³/mol. The monoisotopic (exact) mass is 344 g/mol. The lowest BCUT2D eigenvalue weighted by Crippen LogP contribution is -2.39. The van der Waals surface area contributed by atoms with Crippen LogP contribution in [0.3, 0.4) is 0 Å². The highest BCUT2D eigenvalue weighted by Crippen LogP contribution is 2.11. The van der Waals surface area contributed by atoms with E-state index in [0.717, 1.165) is 38.5 Å².